The molecular weight excluding hydrogens is 250 g/mol. The van der Waals surface area contributed by atoms with Gasteiger partial charge in [-0.25, -0.2) is 4.98 Å². The van der Waals surface area contributed by atoms with Crippen LogP contribution in [0, 0.1) is 22.7 Å². The summed E-state index contributed by atoms with van der Waals surface area (Å²) in [5.74, 6) is 0.469. The van der Waals surface area contributed by atoms with Gasteiger partial charge in [-0.05, 0) is 18.2 Å². The molecule has 0 saturated heterocycles. The lowest BCUT2D eigenvalue weighted by Gasteiger charge is -2.05. The molecule has 1 aromatic heterocycles. The number of benzene rings is 1. The molecule has 0 aliphatic heterocycles. The third kappa shape index (κ3) is 2.54. The SMILES string of the molecule is N#Cc1ccc(Nc2cncc(Cl)n2)cc1C#N. The van der Waals surface area contributed by atoms with Crippen LogP contribution in [0.15, 0.2) is 30.6 Å². The van der Waals surface area contributed by atoms with Crippen LogP contribution in [0.25, 0.3) is 0 Å². The highest BCUT2D eigenvalue weighted by Crippen LogP contribution is 2.18. The molecule has 0 fully saturated rings. The molecule has 0 radical (unpaired) electrons. The quantitative estimate of drug-likeness (QED) is 0.891. The van der Waals surface area contributed by atoms with E-state index in [1.807, 2.05) is 12.1 Å². The minimum absolute atomic E-state index is 0.272. The largest absolute Gasteiger partial charge is 0.339 e. The van der Waals surface area contributed by atoms with Gasteiger partial charge in [0.15, 0.2) is 5.82 Å². The predicted molar refractivity (Wildman–Crippen MR) is 66.2 cm³/mol. The average Bonchev–Trinajstić information content (AvgIpc) is 2.38. The highest BCUT2D eigenvalue weighted by atomic mass is 35.5. The number of nitrogens with one attached hydrogen (secondary N) is 1. The summed E-state index contributed by atoms with van der Waals surface area (Å²) >= 11 is 5.71. The zero-order valence-corrected chi connectivity index (χ0v) is 9.81. The Labute approximate surface area is 108 Å². The molecule has 2 aromatic rings. The van der Waals surface area contributed by atoms with Crippen molar-refractivity contribution >= 4 is 23.1 Å². The van der Waals surface area contributed by atoms with E-state index in [0.717, 1.165) is 0 Å². The van der Waals surface area contributed by atoms with Crippen molar-refractivity contribution in [2.24, 2.45) is 0 Å². The molecule has 0 bridgehead atoms. The molecule has 0 amide bonds. The van der Waals surface area contributed by atoms with E-state index in [0.29, 0.717) is 22.6 Å². The van der Waals surface area contributed by atoms with E-state index in [9.17, 15) is 0 Å². The van der Waals surface area contributed by atoms with E-state index in [1.54, 1.807) is 18.2 Å². The van der Waals surface area contributed by atoms with Gasteiger partial charge in [0.25, 0.3) is 0 Å². The van der Waals surface area contributed by atoms with Crippen LogP contribution < -0.4 is 5.32 Å². The van der Waals surface area contributed by atoms with Crippen molar-refractivity contribution in [1.29, 1.82) is 10.5 Å². The maximum atomic E-state index is 8.91. The number of anilines is 2. The normalized spacial score (nSPS) is 9.28. The molecule has 1 heterocycles. The van der Waals surface area contributed by atoms with Crippen molar-refractivity contribution in [3.05, 3.63) is 46.9 Å². The first-order valence-corrected chi connectivity index (χ1v) is 5.29. The summed E-state index contributed by atoms with van der Waals surface area (Å²) in [4.78, 5) is 7.89. The van der Waals surface area contributed by atoms with Crippen molar-refractivity contribution < 1.29 is 0 Å². The van der Waals surface area contributed by atoms with Gasteiger partial charge in [-0.2, -0.15) is 10.5 Å². The Morgan fingerprint density at radius 3 is 2.56 bits per heavy atom. The number of nitrogens with zero attached hydrogens (tertiary/aromatic N) is 4. The monoisotopic (exact) mass is 255 g/mol. The van der Waals surface area contributed by atoms with Crippen molar-refractivity contribution in [2.45, 2.75) is 0 Å². The lowest BCUT2D eigenvalue weighted by Crippen LogP contribution is -1.96. The van der Waals surface area contributed by atoms with Gasteiger partial charge in [-0.15, -0.1) is 0 Å². The molecule has 0 aliphatic carbocycles. The Bertz CT molecular complexity index is 669. The molecular formula is C12H6ClN5. The second kappa shape index (κ2) is 5.13. The standard InChI is InChI=1S/C12H6ClN5/c13-11-6-16-7-12(18-11)17-10-2-1-8(4-14)9(3-10)5-15/h1-3,6-7H,(H,17,18). The van der Waals surface area contributed by atoms with Crippen LogP contribution in [0.2, 0.25) is 5.15 Å². The Kier molecular flexibility index (Phi) is 3.38. The van der Waals surface area contributed by atoms with E-state index in [4.69, 9.17) is 22.1 Å². The van der Waals surface area contributed by atoms with Crippen molar-refractivity contribution in [3.8, 4) is 12.1 Å². The van der Waals surface area contributed by atoms with E-state index in [1.165, 1.54) is 12.4 Å². The predicted octanol–water partition coefficient (Wildman–Crippen LogP) is 2.62. The first-order chi connectivity index (χ1) is 8.72. The molecule has 6 heteroatoms. The zero-order valence-electron chi connectivity index (χ0n) is 9.05. The Hall–Kier alpha value is -2.63. The second-order valence-electron chi connectivity index (χ2n) is 3.34. The number of rotatable bonds is 2. The zero-order chi connectivity index (χ0) is 13.0. The number of hydrogen-bond donors (Lipinski definition) is 1. The lowest BCUT2D eigenvalue weighted by molar-refractivity contribution is 1.20. The smallest absolute Gasteiger partial charge is 0.150 e. The number of nitriles is 2. The maximum Gasteiger partial charge on any atom is 0.150 e. The third-order valence-corrected chi connectivity index (χ3v) is 2.32. The van der Waals surface area contributed by atoms with E-state index < -0.39 is 0 Å². The molecule has 0 atom stereocenters. The first-order valence-electron chi connectivity index (χ1n) is 4.92. The second-order valence-corrected chi connectivity index (χ2v) is 3.72. The summed E-state index contributed by atoms with van der Waals surface area (Å²) in [7, 11) is 0. The fraction of sp³-hybridized carbons (Fsp3) is 0. The Morgan fingerprint density at radius 1 is 1.11 bits per heavy atom. The topological polar surface area (TPSA) is 85.4 Å². The summed E-state index contributed by atoms with van der Waals surface area (Å²) < 4.78 is 0. The summed E-state index contributed by atoms with van der Waals surface area (Å²) in [6.45, 7) is 0. The lowest BCUT2D eigenvalue weighted by atomic mass is 10.1. The van der Waals surface area contributed by atoms with Crippen LogP contribution in [0.5, 0.6) is 0 Å². The van der Waals surface area contributed by atoms with Crippen molar-refractivity contribution in [1.82, 2.24) is 9.97 Å². The number of halogens is 1. The molecule has 0 saturated carbocycles. The molecule has 1 N–H and O–H groups in total. The van der Waals surface area contributed by atoms with Gasteiger partial charge in [-0.1, -0.05) is 11.6 Å². The van der Waals surface area contributed by atoms with Crippen LogP contribution in [0.3, 0.4) is 0 Å². The van der Waals surface area contributed by atoms with Gasteiger partial charge in [0.1, 0.15) is 17.3 Å². The van der Waals surface area contributed by atoms with Crippen LogP contribution in [0.4, 0.5) is 11.5 Å². The fourth-order valence-electron chi connectivity index (χ4n) is 1.36. The minimum Gasteiger partial charge on any atom is -0.339 e. The van der Waals surface area contributed by atoms with Gasteiger partial charge in [-0.3, -0.25) is 4.98 Å². The molecule has 86 valence electrons. The van der Waals surface area contributed by atoms with E-state index in [-0.39, 0.29) is 5.15 Å². The van der Waals surface area contributed by atoms with Crippen LogP contribution in [0.1, 0.15) is 11.1 Å². The fourth-order valence-corrected chi connectivity index (χ4v) is 1.51. The molecule has 5 nitrogen and oxygen atoms in total. The highest BCUT2D eigenvalue weighted by molar-refractivity contribution is 6.29. The molecule has 18 heavy (non-hydrogen) atoms. The minimum atomic E-state index is 0.272. The maximum absolute atomic E-state index is 8.91. The Balaban J connectivity index is 2.31. The summed E-state index contributed by atoms with van der Waals surface area (Å²) in [6, 6.07) is 8.73. The first kappa shape index (κ1) is 11.8. The average molecular weight is 256 g/mol. The third-order valence-electron chi connectivity index (χ3n) is 2.14. The number of aromatic nitrogens is 2. The molecule has 1 aromatic carbocycles. The summed E-state index contributed by atoms with van der Waals surface area (Å²) in [6.07, 6.45) is 2.93. The molecule has 0 aliphatic rings. The Morgan fingerprint density at radius 2 is 1.89 bits per heavy atom. The molecule has 0 spiro atoms. The van der Waals surface area contributed by atoms with Crippen molar-refractivity contribution in [3.63, 3.8) is 0 Å². The van der Waals surface area contributed by atoms with Gasteiger partial charge in [0.2, 0.25) is 0 Å². The van der Waals surface area contributed by atoms with Gasteiger partial charge in [0.05, 0.1) is 23.5 Å². The van der Waals surface area contributed by atoms with Crippen LogP contribution in [-0.2, 0) is 0 Å². The highest BCUT2D eigenvalue weighted by Gasteiger charge is 2.04. The van der Waals surface area contributed by atoms with Crippen LogP contribution in [-0.4, -0.2) is 9.97 Å². The molecule has 0 unspecified atom stereocenters. The summed E-state index contributed by atoms with van der Waals surface area (Å²) in [5.41, 5.74) is 1.28. The van der Waals surface area contributed by atoms with Gasteiger partial charge >= 0.3 is 0 Å². The van der Waals surface area contributed by atoms with Crippen LogP contribution >= 0.6 is 11.6 Å². The summed E-state index contributed by atoms with van der Waals surface area (Å²) in [5, 5.41) is 20.9. The van der Waals surface area contributed by atoms with Gasteiger partial charge in [0, 0.05) is 5.69 Å². The number of hydrogen-bond acceptors (Lipinski definition) is 5. The van der Waals surface area contributed by atoms with E-state index >= 15 is 0 Å². The van der Waals surface area contributed by atoms with Crippen molar-refractivity contribution in [2.75, 3.05) is 5.32 Å². The van der Waals surface area contributed by atoms with Gasteiger partial charge < -0.3 is 5.32 Å². The molecule has 2 rings (SSSR count). The van der Waals surface area contributed by atoms with E-state index in [2.05, 4.69) is 15.3 Å².